The average molecular weight is 291 g/mol. The van der Waals surface area contributed by atoms with Gasteiger partial charge in [0.05, 0.1) is 22.6 Å². The Labute approximate surface area is 129 Å². The molecule has 0 spiro atoms. The number of aliphatic imine (C=N–C) groups is 2. The van der Waals surface area contributed by atoms with Gasteiger partial charge in [-0.2, -0.15) is 0 Å². The highest BCUT2D eigenvalue weighted by Gasteiger charge is 2.14. The molecule has 22 heavy (non-hydrogen) atoms. The zero-order valence-electron chi connectivity index (χ0n) is 12.7. The van der Waals surface area contributed by atoms with Crippen molar-refractivity contribution < 1.29 is 0 Å². The van der Waals surface area contributed by atoms with Crippen LogP contribution in [-0.2, 0) is 0 Å². The largest absolute Gasteiger partial charge is 0.388 e. The van der Waals surface area contributed by atoms with Crippen LogP contribution in [0.2, 0.25) is 0 Å². The Kier molecular flexibility index (Phi) is 3.47. The van der Waals surface area contributed by atoms with Crippen molar-refractivity contribution in [1.82, 2.24) is 9.38 Å². The van der Waals surface area contributed by atoms with Gasteiger partial charge < -0.3 is 9.72 Å². The molecule has 5 heteroatoms. The Morgan fingerprint density at radius 3 is 2.41 bits per heavy atom. The van der Waals surface area contributed by atoms with Gasteiger partial charge in [0.15, 0.2) is 0 Å². The smallest absolute Gasteiger partial charge is 0.139 e. The van der Waals surface area contributed by atoms with E-state index in [2.05, 4.69) is 33.7 Å². The first kappa shape index (κ1) is 14.0. The molecule has 3 aromatic rings. The van der Waals surface area contributed by atoms with E-state index in [0.29, 0.717) is 0 Å². The summed E-state index contributed by atoms with van der Waals surface area (Å²) >= 11 is 0. The quantitative estimate of drug-likeness (QED) is 0.738. The molecule has 0 atom stereocenters. The number of nitrogens with zero attached hydrogens (tertiary/aromatic N) is 4. The van der Waals surface area contributed by atoms with Crippen LogP contribution in [0.4, 0.5) is 17.1 Å². The Balaban J connectivity index is 2.26. The Morgan fingerprint density at radius 2 is 1.82 bits per heavy atom. The van der Waals surface area contributed by atoms with Crippen LogP contribution >= 0.6 is 0 Å². The first-order valence-corrected chi connectivity index (χ1v) is 6.91. The van der Waals surface area contributed by atoms with Crippen LogP contribution in [-0.4, -0.2) is 29.9 Å². The monoisotopic (exact) mass is 291 g/mol. The van der Waals surface area contributed by atoms with Gasteiger partial charge in [-0.05, 0) is 44.1 Å². The fourth-order valence-corrected chi connectivity index (χ4v) is 2.52. The van der Waals surface area contributed by atoms with Crippen molar-refractivity contribution in [1.29, 1.82) is 0 Å². The average Bonchev–Trinajstić information content (AvgIpc) is 2.95. The lowest BCUT2D eigenvalue weighted by Gasteiger charge is -2.07. The standard InChI is InChI=1S/C17H17N5/c1-11-7-13(19-3)17(14(8-11)20-4)15-10-22-6-5-12(18-2)9-16(22)21-15/h5-10,18H,3-4H2,1-2H3. The zero-order chi connectivity index (χ0) is 15.7. The third kappa shape index (κ3) is 2.26. The summed E-state index contributed by atoms with van der Waals surface area (Å²) in [7, 11) is 1.88. The van der Waals surface area contributed by atoms with Crippen molar-refractivity contribution >= 4 is 36.1 Å². The molecule has 2 aromatic heterocycles. The van der Waals surface area contributed by atoms with E-state index in [1.165, 1.54) is 0 Å². The number of hydrogen-bond acceptors (Lipinski definition) is 4. The summed E-state index contributed by atoms with van der Waals surface area (Å²) in [6.07, 6.45) is 3.93. The summed E-state index contributed by atoms with van der Waals surface area (Å²) in [5.74, 6) is 0. The molecule has 0 aliphatic rings. The molecule has 0 bridgehead atoms. The molecular formula is C17H17N5. The molecule has 1 aromatic carbocycles. The summed E-state index contributed by atoms with van der Waals surface area (Å²) < 4.78 is 1.97. The van der Waals surface area contributed by atoms with E-state index in [1.54, 1.807) is 0 Å². The van der Waals surface area contributed by atoms with Crippen LogP contribution < -0.4 is 5.32 Å². The molecule has 0 amide bonds. The van der Waals surface area contributed by atoms with Gasteiger partial charge in [-0.3, -0.25) is 9.98 Å². The predicted octanol–water partition coefficient (Wildman–Crippen LogP) is 4.02. The third-order valence-corrected chi connectivity index (χ3v) is 3.59. The summed E-state index contributed by atoms with van der Waals surface area (Å²) in [4.78, 5) is 12.9. The van der Waals surface area contributed by atoms with Gasteiger partial charge in [-0.1, -0.05) is 0 Å². The Bertz CT molecular complexity index is 847. The highest BCUT2D eigenvalue weighted by molar-refractivity contribution is 5.87. The molecule has 0 radical (unpaired) electrons. The second-order valence-corrected chi connectivity index (χ2v) is 5.05. The normalized spacial score (nSPS) is 10.6. The van der Waals surface area contributed by atoms with E-state index in [-0.39, 0.29) is 0 Å². The lowest BCUT2D eigenvalue weighted by Crippen LogP contribution is -1.89. The van der Waals surface area contributed by atoms with E-state index >= 15 is 0 Å². The van der Waals surface area contributed by atoms with Crippen molar-refractivity contribution in [2.24, 2.45) is 9.98 Å². The maximum absolute atomic E-state index is 4.69. The fraction of sp³-hybridized carbons (Fsp3) is 0.118. The first-order chi connectivity index (χ1) is 10.7. The highest BCUT2D eigenvalue weighted by atomic mass is 15.0. The van der Waals surface area contributed by atoms with Crippen LogP contribution in [0.25, 0.3) is 16.9 Å². The molecule has 0 aliphatic carbocycles. The number of aryl methyl sites for hydroxylation is 1. The van der Waals surface area contributed by atoms with E-state index in [0.717, 1.165) is 39.5 Å². The molecule has 2 heterocycles. The van der Waals surface area contributed by atoms with Crippen molar-refractivity contribution in [3.63, 3.8) is 0 Å². The number of fused-ring (bicyclic) bond motifs is 1. The van der Waals surface area contributed by atoms with Gasteiger partial charge in [-0.25, -0.2) is 4.98 Å². The molecule has 3 rings (SSSR count). The number of benzene rings is 1. The van der Waals surface area contributed by atoms with E-state index in [9.17, 15) is 0 Å². The molecular weight excluding hydrogens is 274 g/mol. The molecule has 0 saturated heterocycles. The maximum atomic E-state index is 4.69. The van der Waals surface area contributed by atoms with Crippen molar-refractivity contribution in [2.45, 2.75) is 6.92 Å². The zero-order valence-corrected chi connectivity index (χ0v) is 12.7. The molecule has 0 fully saturated rings. The number of imidazole rings is 1. The minimum atomic E-state index is 0.764. The molecule has 0 saturated carbocycles. The molecule has 110 valence electrons. The lowest BCUT2D eigenvalue weighted by atomic mass is 10.0. The third-order valence-electron chi connectivity index (χ3n) is 3.59. The molecule has 0 aliphatic heterocycles. The number of nitrogens with one attached hydrogen (secondary N) is 1. The summed E-state index contributed by atoms with van der Waals surface area (Å²) in [5.41, 5.74) is 6.11. The number of pyridine rings is 1. The Morgan fingerprint density at radius 1 is 1.14 bits per heavy atom. The Hall–Kier alpha value is -2.95. The van der Waals surface area contributed by atoms with Gasteiger partial charge in [0.1, 0.15) is 5.65 Å². The summed E-state index contributed by atoms with van der Waals surface area (Å²) in [6.45, 7) is 9.31. The number of anilines is 1. The minimum Gasteiger partial charge on any atom is -0.388 e. The van der Waals surface area contributed by atoms with Crippen molar-refractivity contribution in [3.05, 3.63) is 42.2 Å². The SMILES string of the molecule is C=Nc1cc(C)cc(N=C)c1-c1cn2ccc(NC)cc2n1. The number of rotatable bonds is 4. The van der Waals surface area contributed by atoms with Crippen molar-refractivity contribution in [2.75, 3.05) is 12.4 Å². The first-order valence-electron chi connectivity index (χ1n) is 6.91. The van der Waals surface area contributed by atoms with Gasteiger partial charge in [0.25, 0.3) is 0 Å². The van der Waals surface area contributed by atoms with Crippen LogP contribution in [0.15, 0.2) is 46.6 Å². The minimum absolute atomic E-state index is 0.764. The van der Waals surface area contributed by atoms with Gasteiger partial charge in [0, 0.05) is 31.2 Å². The summed E-state index contributed by atoms with van der Waals surface area (Å²) in [5, 5.41) is 3.11. The van der Waals surface area contributed by atoms with Gasteiger partial charge >= 0.3 is 0 Å². The maximum Gasteiger partial charge on any atom is 0.139 e. The highest BCUT2D eigenvalue weighted by Crippen LogP contribution is 2.39. The second kappa shape index (κ2) is 5.44. The molecule has 0 unspecified atom stereocenters. The fourth-order valence-electron chi connectivity index (χ4n) is 2.52. The molecule has 5 nitrogen and oxygen atoms in total. The van der Waals surface area contributed by atoms with Gasteiger partial charge in [0.2, 0.25) is 0 Å². The van der Waals surface area contributed by atoms with Crippen molar-refractivity contribution in [3.8, 4) is 11.3 Å². The van der Waals surface area contributed by atoms with Crippen LogP contribution in [0, 0.1) is 6.92 Å². The number of hydrogen-bond donors (Lipinski definition) is 1. The number of aromatic nitrogens is 2. The van der Waals surface area contributed by atoms with Crippen LogP contribution in [0.1, 0.15) is 5.56 Å². The van der Waals surface area contributed by atoms with E-state index in [1.807, 2.05) is 55.0 Å². The van der Waals surface area contributed by atoms with Crippen LogP contribution in [0.5, 0.6) is 0 Å². The molecule has 1 N–H and O–H groups in total. The van der Waals surface area contributed by atoms with E-state index < -0.39 is 0 Å². The van der Waals surface area contributed by atoms with E-state index in [4.69, 9.17) is 0 Å². The summed E-state index contributed by atoms with van der Waals surface area (Å²) in [6, 6.07) is 7.92. The lowest BCUT2D eigenvalue weighted by molar-refractivity contribution is 1.18. The second-order valence-electron chi connectivity index (χ2n) is 5.05. The predicted molar refractivity (Wildman–Crippen MR) is 93.3 cm³/mol. The topological polar surface area (TPSA) is 54.0 Å². The van der Waals surface area contributed by atoms with Gasteiger partial charge in [-0.15, -0.1) is 0 Å². The van der Waals surface area contributed by atoms with Crippen LogP contribution in [0.3, 0.4) is 0 Å².